The van der Waals surface area contributed by atoms with Crippen molar-refractivity contribution < 1.29 is 18.0 Å². The van der Waals surface area contributed by atoms with E-state index >= 15 is 0 Å². The lowest BCUT2D eigenvalue weighted by Gasteiger charge is -2.29. The van der Waals surface area contributed by atoms with Crippen LogP contribution < -0.4 is 9.62 Å². The van der Waals surface area contributed by atoms with Crippen molar-refractivity contribution in [3.8, 4) is 0 Å². The first-order valence-electron chi connectivity index (χ1n) is 11.0. The molecule has 10 heteroatoms. The van der Waals surface area contributed by atoms with Gasteiger partial charge in [-0.15, -0.1) is 0 Å². The van der Waals surface area contributed by atoms with Crippen LogP contribution >= 0.6 is 23.2 Å². The smallest absolute Gasteiger partial charge is 0.242 e. The molecule has 2 aromatic rings. The Morgan fingerprint density at radius 2 is 1.74 bits per heavy atom. The van der Waals surface area contributed by atoms with Crippen LogP contribution in [0.2, 0.25) is 10.0 Å². The number of nitrogens with one attached hydrogen (secondary N) is 1. The van der Waals surface area contributed by atoms with Crippen LogP contribution in [-0.2, 0) is 26.2 Å². The van der Waals surface area contributed by atoms with Crippen LogP contribution in [0.1, 0.15) is 37.8 Å². The van der Waals surface area contributed by atoms with Gasteiger partial charge in [-0.2, -0.15) is 0 Å². The first kappa shape index (κ1) is 28.0. The number of nitrogens with zero attached hydrogens (tertiary/aromatic N) is 2. The maximum Gasteiger partial charge on any atom is 0.242 e. The van der Waals surface area contributed by atoms with Crippen molar-refractivity contribution in [2.24, 2.45) is 0 Å². The van der Waals surface area contributed by atoms with Crippen LogP contribution in [0.25, 0.3) is 0 Å². The van der Waals surface area contributed by atoms with Gasteiger partial charge in [0.05, 0.1) is 17.0 Å². The molecule has 0 aliphatic rings. The van der Waals surface area contributed by atoms with Gasteiger partial charge in [0.25, 0.3) is 0 Å². The lowest BCUT2D eigenvalue weighted by atomic mass is 10.1. The molecule has 0 saturated heterocycles. The number of carbonyl (C=O) groups is 2. The highest BCUT2D eigenvalue weighted by atomic mass is 35.5. The molecule has 0 heterocycles. The number of hydrogen-bond acceptors (Lipinski definition) is 4. The summed E-state index contributed by atoms with van der Waals surface area (Å²) >= 11 is 12.2. The highest BCUT2D eigenvalue weighted by Crippen LogP contribution is 2.31. The number of hydrogen-bond donors (Lipinski definition) is 1. The second-order valence-electron chi connectivity index (χ2n) is 8.11. The summed E-state index contributed by atoms with van der Waals surface area (Å²) < 4.78 is 26.0. The van der Waals surface area contributed by atoms with Gasteiger partial charge in [-0.25, -0.2) is 8.42 Å². The highest BCUT2D eigenvalue weighted by molar-refractivity contribution is 7.92. The van der Waals surface area contributed by atoms with E-state index in [9.17, 15) is 18.0 Å². The number of likely N-dealkylation sites (N-methyl/N-ethyl adjacent to an activating group) is 1. The summed E-state index contributed by atoms with van der Waals surface area (Å²) in [5.41, 5.74) is 2.26. The molecule has 1 atom stereocenters. The van der Waals surface area contributed by atoms with Crippen LogP contribution in [-0.4, -0.2) is 50.5 Å². The third-order valence-electron chi connectivity index (χ3n) is 5.32. The summed E-state index contributed by atoms with van der Waals surface area (Å²) in [5, 5.41) is 3.35. The molecule has 0 aromatic heterocycles. The van der Waals surface area contributed by atoms with Gasteiger partial charge in [0.2, 0.25) is 21.8 Å². The standard InChI is InChI=1S/C24H31Cl2N3O4S/c1-5-27-24(31)18(3)28(16-19-10-8-17(2)9-11-19)23(30)7-6-14-29(34(4,32)33)22-15-20(25)12-13-21(22)26/h8-13,15,18H,5-7,14,16H2,1-4H3,(H,27,31). The van der Waals surface area contributed by atoms with Gasteiger partial charge in [0, 0.05) is 31.1 Å². The minimum atomic E-state index is -3.66. The lowest BCUT2D eigenvalue weighted by molar-refractivity contribution is -0.140. The molecule has 0 aliphatic heterocycles. The van der Waals surface area contributed by atoms with Crippen LogP contribution in [0.15, 0.2) is 42.5 Å². The van der Waals surface area contributed by atoms with Crippen molar-refractivity contribution in [3.05, 3.63) is 63.6 Å². The number of rotatable bonds is 11. The first-order chi connectivity index (χ1) is 15.9. The predicted molar refractivity (Wildman–Crippen MR) is 138 cm³/mol. The largest absolute Gasteiger partial charge is 0.355 e. The molecule has 0 spiro atoms. The van der Waals surface area contributed by atoms with E-state index < -0.39 is 16.1 Å². The number of sulfonamides is 1. The second-order valence-corrected chi connectivity index (χ2v) is 10.9. The zero-order valence-corrected chi connectivity index (χ0v) is 22.2. The summed E-state index contributed by atoms with van der Waals surface area (Å²) in [6.07, 6.45) is 1.37. The van der Waals surface area contributed by atoms with E-state index in [-0.39, 0.29) is 48.5 Å². The molecule has 7 nitrogen and oxygen atoms in total. The van der Waals surface area contributed by atoms with Gasteiger partial charge in [-0.3, -0.25) is 13.9 Å². The molecule has 1 N–H and O–H groups in total. The Labute approximate surface area is 212 Å². The molecule has 0 aliphatic carbocycles. The van der Waals surface area contributed by atoms with E-state index in [0.29, 0.717) is 11.6 Å². The summed E-state index contributed by atoms with van der Waals surface area (Å²) in [6, 6.07) is 11.7. The number of carbonyl (C=O) groups excluding carboxylic acids is 2. The highest BCUT2D eigenvalue weighted by Gasteiger charge is 2.26. The van der Waals surface area contributed by atoms with Crippen molar-refractivity contribution in [1.82, 2.24) is 10.2 Å². The Bertz CT molecular complexity index is 1110. The van der Waals surface area contributed by atoms with E-state index in [1.54, 1.807) is 13.0 Å². The van der Waals surface area contributed by atoms with Crippen LogP contribution in [0.4, 0.5) is 5.69 Å². The molecular formula is C24H31Cl2N3O4S. The first-order valence-corrected chi connectivity index (χ1v) is 13.6. The number of amides is 2. The van der Waals surface area contributed by atoms with Gasteiger partial charge in [-0.1, -0.05) is 53.0 Å². The van der Waals surface area contributed by atoms with Crippen molar-refractivity contribution >= 4 is 50.7 Å². The summed E-state index contributed by atoms with van der Waals surface area (Å²) in [7, 11) is -3.66. The van der Waals surface area contributed by atoms with E-state index in [0.717, 1.165) is 21.7 Å². The quantitative estimate of drug-likeness (QED) is 0.469. The molecule has 186 valence electrons. The van der Waals surface area contributed by atoms with Crippen LogP contribution in [0.5, 0.6) is 0 Å². The topological polar surface area (TPSA) is 86.8 Å². The molecule has 34 heavy (non-hydrogen) atoms. The normalized spacial score (nSPS) is 12.2. The molecule has 2 aromatic carbocycles. The molecule has 2 rings (SSSR count). The molecular weight excluding hydrogens is 497 g/mol. The minimum absolute atomic E-state index is 0.0402. The van der Waals surface area contributed by atoms with Crippen LogP contribution in [0.3, 0.4) is 0 Å². The van der Waals surface area contributed by atoms with Gasteiger partial charge in [0.15, 0.2) is 0 Å². The van der Waals surface area contributed by atoms with E-state index in [1.807, 2.05) is 38.1 Å². The van der Waals surface area contributed by atoms with Crippen molar-refractivity contribution in [3.63, 3.8) is 0 Å². The average Bonchev–Trinajstić information content (AvgIpc) is 2.77. The Morgan fingerprint density at radius 1 is 1.09 bits per heavy atom. The van der Waals surface area contributed by atoms with E-state index in [1.165, 1.54) is 17.0 Å². The van der Waals surface area contributed by atoms with Gasteiger partial charge >= 0.3 is 0 Å². The molecule has 0 bridgehead atoms. The molecule has 0 radical (unpaired) electrons. The Kier molecular flexibility index (Phi) is 10.2. The van der Waals surface area contributed by atoms with Crippen molar-refractivity contribution in [2.45, 2.75) is 46.2 Å². The monoisotopic (exact) mass is 527 g/mol. The molecule has 0 fully saturated rings. The molecule has 2 amide bonds. The Balaban J connectivity index is 2.18. The number of benzene rings is 2. The molecule has 1 unspecified atom stereocenters. The van der Waals surface area contributed by atoms with Gasteiger partial charge in [0.1, 0.15) is 6.04 Å². The van der Waals surface area contributed by atoms with Crippen LogP contribution in [0, 0.1) is 6.92 Å². The van der Waals surface area contributed by atoms with Gasteiger partial charge < -0.3 is 10.2 Å². The van der Waals surface area contributed by atoms with E-state index in [2.05, 4.69) is 5.32 Å². The SMILES string of the molecule is CCNC(=O)C(C)N(Cc1ccc(C)cc1)C(=O)CCCN(c1cc(Cl)ccc1Cl)S(C)(=O)=O. The molecule has 0 saturated carbocycles. The maximum atomic E-state index is 13.2. The zero-order chi connectivity index (χ0) is 25.5. The fraction of sp³-hybridized carbons (Fsp3) is 0.417. The third kappa shape index (κ3) is 7.89. The summed E-state index contributed by atoms with van der Waals surface area (Å²) in [5.74, 6) is -0.489. The average molecular weight is 529 g/mol. The fourth-order valence-electron chi connectivity index (χ4n) is 3.45. The zero-order valence-electron chi connectivity index (χ0n) is 19.8. The Hall–Kier alpha value is -2.29. The summed E-state index contributed by atoms with van der Waals surface area (Å²) in [4.78, 5) is 27.2. The number of aryl methyl sites for hydroxylation is 1. The predicted octanol–water partition coefficient (Wildman–Crippen LogP) is 4.40. The number of halogens is 2. The number of anilines is 1. The summed E-state index contributed by atoms with van der Waals surface area (Å²) in [6.45, 7) is 6.25. The lowest BCUT2D eigenvalue weighted by Crippen LogP contribution is -2.47. The van der Waals surface area contributed by atoms with E-state index in [4.69, 9.17) is 23.2 Å². The fourth-order valence-corrected chi connectivity index (χ4v) is 4.86. The van der Waals surface area contributed by atoms with Gasteiger partial charge in [-0.05, 0) is 51.0 Å². The second kappa shape index (κ2) is 12.4. The Morgan fingerprint density at radius 3 is 2.32 bits per heavy atom. The van der Waals surface area contributed by atoms with Crippen molar-refractivity contribution in [1.29, 1.82) is 0 Å². The third-order valence-corrected chi connectivity index (χ3v) is 7.06. The maximum absolute atomic E-state index is 13.2. The minimum Gasteiger partial charge on any atom is -0.355 e. The van der Waals surface area contributed by atoms with Crippen molar-refractivity contribution in [2.75, 3.05) is 23.7 Å².